The number of amides is 2. The zero-order valence-corrected chi connectivity index (χ0v) is 17.5. The van der Waals surface area contributed by atoms with E-state index in [-0.39, 0.29) is 36.6 Å². The number of halogens is 2. The summed E-state index contributed by atoms with van der Waals surface area (Å²) in [7, 11) is 0. The predicted octanol–water partition coefficient (Wildman–Crippen LogP) is 4.53. The third kappa shape index (κ3) is 5.19. The smallest absolute Gasteiger partial charge is 0.253 e. The average molecular weight is 434 g/mol. The Morgan fingerprint density at radius 3 is 2.34 bits per heavy atom. The van der Waals surface area contributed by atoms with E-state index in [9.17, 15) is 18.4 Å². The maximum absolute atomic E-state index is 13.4. The lowest BCUT2D eigenvalue weighted by atomic mass is 9.83. The molecule has 3 aromatic rings. The fraction of sp³-hybridized carbons (Fsp3) is 0.231. The number of carbonyl (C=O) groups excluding carboxylic acids is 2. The molecule has 1 aliphatic rings. The summed E-state index contributed by atoms with van der Waals surface area (Å²) in [6, 6.07) is 21.3. The zero-order chi connectivity index (χ0) is 22.5. The standard InChI is InChI=1S/C26H24F2N2O2/c27-23-11-9-20(10-12-23)26(32)30-16-21(19-6-2-1-3-7-19)14-22(17-30)25(31)29-15-18-5-4-8-24(28)13-18/h1-13,21-22H,14-17H2,(H,29,31)/t21-,22-/m1/s1. The maximum Gasteiger partial charge on any atom is 0.253 e. The second-order valence-corrected chi connectivity index (χ2v) is 8.10. The molecule has 0 unspecified atom stereocenters. The van der Waals surface area contributed by atoms with Gasteiger partial charge in [-0.25, -0.2) is 8.78 Å². The highest BCUT2D eigenvalue weighted by atomic mass is 19.1. The van der Waals surface area contributed by atoms with Crippen molar-refractivity contribution in [2.45, 2.75) is 18.9 Å². The third-order valence-electron chi connectivity index (χ3n) is 5.83. The van der Waals surface area contributed by atoms with Crippen molar-refractivity contribution < 1.29 is 18.4 Å². The molecule has 2 atom stereocenters. The molecular weight excluding hydrogens is 410 g/mol. The van der Waals surface area contributed by atoms with Gasteiger partial charge in [0.15, 0.2) is 0 Å². The van der Waals surface area contributed by atoms with Gasteiger partial charge >= 0.3 is 0 Å². The number of hydrogen-bond donors (Lipinski definition) is 1. The zero-order valence-electron chi connectivity index (χ0n) is 17.5. The van der Waals surface area contributed by atoms with Crippen LogP contribution in [-0.2, 0) is 11.3 Å². The van der Waals surface area contributed by atoms with Crippen LogP contribution in [0.5, 0.6) is 0 Å². The van der Waals surface area contributed by atoms with E-state index in [4.69, 9.17) is 0 Å². The summed E-state index contributed by atoms with van der Waals surface area (Å²) in [5.41, 5.74) is 2.12. The Balaban J connectivity index is 1.51. The van der Waals surface area contributed by atoms with Crippen molar-refractivity contribution >= 4 is 11.8 Å². The summed E-state index contributed by atoms with van der Waals surface area (Å²) in [6.07, 6.45) is 0.603. The molecule has 4 nitrogen and oxygen atoms in total. The van der Waals surface area contributed by atoms with Crippen molar-refractivity contribution in [2.24, 2.45) is 5.92 Å². The van der Waals surface area contributed by atoms with Gasteiger partial charge in [-0.2, -0.15) is 0 Å². The fourth-order valence-electron chi connectivity index (χ4n) is 4.18. The number of piperidine rings is 1. The second kappa shape index (κ2) is 9.73. The molecule has 1 heterocycles. The van der Waals surface area contributed by atoms with Crippen LogP contribution in [0.1, 0.15) is 33.8 Å². The number of rotatable bonds is 5. The van der Waals surface area contributed by atoms with E-state index in [1.807, 2.05) is 30.3 Å². The Labute approximate surface area is 185 Å². The molecular formula is C26H24F2N2O2. The Morgan fingerprint density at radius 2 is 1.62 bits per heavy atom. The van der Waals surface area contributed by atoms with Crippen molar-refractivity contribution in [3.63, 3.8) is 0 Å². The van der Waals surface area contributed by atoms with E-state index >= 15 is 0 Å². The largest absolute Gasteiger partial charge is 0.352 e. The quantitative estimate of drug-likeness (QED) is 0.642. The van der Waals surface area contributed by atoms with E-state index in [0.29, 0.717) is 24.1 Å². The van der Waals surface area contributed by atoms with Crippen LogP contribution in [0.25, 0.3) is 0 Å². The van der Waals surface area contributed by atoms with Crippen LogP contribution in [-0.4, -0.2) is 29.8 Å². The first kappa shape index (κ1) is 21.7. The molecule has 1 N–H and O–H groups in total. The molecule has 1 fully saturated rings. The average Bonchev–Trinajstić information content (AvgIpc) is 2.83. The van der Waals surface area contributed by atoms with Crippen LogP contribution in [0, 0.1) is 17.6 Å². The van der Waals surface area contributed by atoms with Gasteiger partial charge in [-0.3, -0.25) is 9.59 Å². The molecule has 0 bridgehead atoms. The lowest BCUT2D eigenvalue weighted by Gasteiger charge is -2.37. The number of carbonyl (C=O) groups is 2. The molecule has 3 aromatic carbocycles. The van der Waals surface area contributed by atoms with Crippen molar-refractivity contribution in [3.8, 4) is 0 Å². The lowest BCUT2D eigenvalue weighted by molar-refractivity contribution is -0.126. The molecule has 4 rings (SSSR count). The minimum atomic E-state index is -0.410. The van der Waals surface area contributed by atoms with Crippen molar-refractivity contribution in [2.75, 3.05) is 13.1 Å². The summed E-state index contributed by atoms with van der Waals surface area (Å²) in [5, 5.41) is 2.88. The van der Waals surface area contributed by atoms with Crippen LogP contribution in [0.3, 0.4) is 0 Å². The van der Waals surface area contributed by atoms with Crippen molar-refractivity contribution in [1.82, 2.24) is 10.2 Å². The third-order valence-corrected chi connectivity index (χ3v) is 5.83. The number of nitrogens with zero attached hydrogens (tertiary/aromatic N) is 1. The fourth-order valence-corrected chi connectivity index (χ4v) is 4.18. The Hall–Kier alpha value is -3.54. The highest BCUT2D eigenvalue weighted by Crippen LogP contribution is 2.31. The summed E-state index contributed by atoms with van der Waals surface area (Å²) >= 11 is 0. The second-order valence-electron chi connectivity index (χ2n) is 8.10. The first-order chi connectivity index (χ1) is 15.5. The van der Waals surface area contributed by atoms with Crippen LogP contribution >= 0.6 is 0 Å². The Bertz CT molecular complexity index is 1090. The van der Waals surface area contributed by atoms with E-state index in [0.717, 1.165) is 5.56 Å². The predicted molar refractivity (Wildman–Crippen MR) is 118 cm³/mol. The van der Waals surface area contributed by atoms with Gasteiger partial charge in [0, 0.05) is 31.1 Å². The molecule has 0 saturated carbocycles. The highest BCUT2D eigenvalue weighted by Gasteiger charge is 2.34. The van der Waals surface area contributed by atoms with Gasteiger partial charge in [-0.05, 0) is 53.9 Å². The van der Waals surface area contributed by atoms with Crippen LogP contribution < -0.4 is 5.32 Å². The summed E-state index contributed by atoms with van der Waals surface area (Å²) in [5.74, 6) is -1.57. The van der Waals surface area contributed by atoms with E-state index in [1.165, 1.54) is 36.4 Å². The number of hydrogen-bond acceptors (Lipinski definition) is 2. The van der Waals surface area contributed by atoms with Gasteiger partial charge in [0.05, 0.1) is 5.92 Å². The number of nitrogens with one attached hydrogen (secondary N) is 1. The van der Waals surface area contributed by atoms with E-state index in [1.54, 1.807) is 17.0 Å². The highest BCUT2D eigenvalue weighted by molar-refractivity contribution is 5.94. The van der Waals surface area contributed by atoms with Gasteiger partial charge in [0.2, 0.25) is 5.91 Å². The molecule has 2 amide bonds. The van der Waals surface area contributed by atoms with Crippen LogP contribution in [0.2, 0.25) is 0 Å². The van der Waals surface area contributed by atoms with Crippen LogP contribution in [0.15, 0.2) is 78.9 Å². The van der Waals surface area contributed by atoms with Gasteiger partial charge in [0.25, 0.3) is 5.91 Å². The first-order valence-electron chi connectivity index (χ1n) is 10.6. The SMILES string of the molecule is O=C(NCc1cccc(F)c1)[C@@H]1C[C@@H](c2ccccc2)CN(C(=O)c2ccc(F)cc2)C1. The minimum Gasteiger partial charge on any atom is -0.352 e. The summed E-state index contributed by atoms with van der Waals surface area (Å²) < 4.78 is 26.7. The Morgan fingerprint density at radius 1 is 0.875 bits per heavy atom. The molecule has 0 aromatic heterocycles. The maximum atomic E-state index is 13.4. The van der Waals surface area contributed by atoms with E-state index < -0.39 is 11.7 Å². The molecule has 0 radical (unpaired) electrons. The van der Waals surface area contributed by atoms with Crippen molar-refractivity contribution in [3.05, 3.63) is 107 Å². The van der Waals surface area contributed by atoms with Crippen LogP contribution in [0.4, 0.5) is 8.78 Å². The summed E-state index contributed by atoms with van der Waals surface area (Å²) in [6.45, 7) is 0.970. The first-order valence-corrected chi connectivity index (χ1v) is 10.6. The minimum absolute atomic E-state index is 0.000678. The molecule has 0 aliphatic carbocycles. The van der Waals surface area contributed by atoms with Gasteiger partial charge in [0.1, 0.15) is 11.6 Å². The van der Waals surface area contributed by atoms with Gasteiger partial charge in [-0.15, -0.1) is 0 Å². The van der Waals surface area contributed by atoms with E-state index in [2.05, 4.69) is 5.32 Å². The molecule has 0 spiro atoms. The monoisotopic (exact) mass is 434 g/mol. The topological polar surface area (TPSA) is 49.4 Å². The van der Waals surface area contributed by atoms with Crippen molar-refractivity contribution in [1.29, 1.82) is 0 Å². The molecule has 32 heavy (non-hydrogen) atoms. The number of likely N-dealkylation sites (tertiary alicyclic amines) is 1. The molecule has 164 valence electrons. The van der Waals surface area contributed by atoms with Gasteiger partial charge < -0.3 is 10.2 Å². The lowest BCUT2D eigenvalue weighted by Crippen LogP contribution is -2.48. The number of benzene rings is 3. The molecule has 1 saturated heterocycles. The van der Waals surface area contributed by atoms with Gasteiger partial charge in [-0.1, -0.05) is 42.5 Å². The molecule has 1 aliphatic heterocycles. The summed E-state index contributed by atoms with van der Waals surface area (Å²) in [4.78, 5) is 27.8. The Kier molecular flexibility index (Phi) is 6.59. The molecule has 6 heteroatoms. The normalized spacial score (nSPS) is 18.2.